The third-order valence-electron chi connectivity index (χ3n) is 4.92. The molecule has 144 valence electrons. The van der Waals surface area contributed by atoms with E-state index < -0.39 is 35.6 Å². The summed E-state index contributed by atoms with van der Waals surface area (Å²) < 4.78 is 12.0. The van der Waals surface area contributed by atoms with Gasteiger partial charge in [-0.1, -0.05) is 34.6 Å². The molecule has 1 unspecified atom stereocenters. The molecule has 0 aliphatic carbocycles. The molecule has 3 N–H and O–H groups in total. The van der Waals surface area contributed by atoms with Crippen LogP contribution in [0.1, 0.15) is 75.2 Å². The van der Waals surface area contributed by atoms with Crippen molar-refractivity contribution in [1.82, 2.24) is 5.32 Å². The predicted octanol–water partition coefficient (Wildman–Crippen LogP) is 2.44. The number of hydrogen-bond acceptors (Lipinski definition) is 4. The highest BCUT2D eigenvalue weighted by atomic mass is 16.7. The van der Waals surface area contributed by atoms with Crippen LogP contribution in [0.2, 0.25) is 0 Å². The molecule has 1 atom stereocenters. The minimum Gasteiger partial charge on any atom is -0.402 e. The monoisotopic (exact) mass is 354 g/mol. The number of carbonyl (C=O) groups is 2. The number of primary amides is 1. The molecule has 1 fully saturated rings. The molecule has 0 aromatic heterocycles. The zero-order valence-corrected chi connectivity index (χ0v) is 17.3. The molecule has 0 aromatic rings. The van der Waals surface area contributed by atoms with Crippen molar-refractivity contribution in [3.05, 3.63) is 0 Å². The van der Waals surface area contributed by atoms with Gasteiger partial charge in [-0.2, -0.15) is 0 Å². The van der Waals surface area contributed by atoms with Crippen LogP contribution in [0.15, 0.2) is 0 Å². The first-order valence-electron chi connectivity index (χ1n) is 8.92. The maximum absolute atomic E-state index is 12.8. The maximum Gasteiger partial charge on any atom is 0.482 e. The summed E-state index contributed by atoms with van der Waals surface area (Å²) in [5.41, 5.74) is 3.72. The number of nitrogens with one attached hydrogen (secondary N) is 1. The Labute approximate surface area is 152 Å². The van der Waals surface area contributed by atoms with E-state index in [2.05, 4.69) is 26.1 Å². The van der Waals surface area contributed by atoms with Gasteiger partial charge in [-0.25, -0.2) is 0 Å². The Hall–Kier alpha value is -1.08. The van der Waals surface area contributed by atoms with Crippen LogP contribution in [0.4, 0.5) is 0 Å². The van der Waals surface area contributed by atoms with E-state index >= 15 is 0 Å². The lowest BCUT2D eigenvalue weighted by Gasteiger charge is -2.33. The molecule has 1 rings (SSSR count). The molecule has 0 bridgehead atoms. The lowest BCUT2D eigenvalue weighted by atomic mass is 9.73. The van der Waals surface area contributed by atoms with Crippen molar-refractivity contribution in [2.24, 2.45) is 16.6 Å². The van der Waals surface area contributed by atoms with Crippen LogP contribution in [0.3, 0.4) is 0 Å². The molecule has 2 amide bonds. The first kappa shape index (κ1) is 22.0. The van der Waals surface area contributed by atoms with E-state index in [4.69, 9.17) is 15.0 Å². The number of hydrogen-bond donors (Lipinski definition) is 2. The molecule has 1 saturated heterocycles. The normalized spacial score (nSPS) is 21.1. The summed E-state index contributed by atoms with van der Waals surface area (Å²) in [6.45, 7) is 17.8. The van der Waals surface area contributed by atoms with Crippen molar-refractivity contribution in [2.45, 2.75) is 92.3 Å². The standard InChI is InChI=1S/C18H35BN2O4/c1-15(2,3)11-16(4,5)14(23)21-12(10-13(20)22)19-24-17(6,7)18(8,9)25-19/h12H,10-11H2,1-9H3,(H2,20,22)(H,21,23). The van der Waals surface area contributed by atoms with Gasteiger partial charge >= 0.3 is 7.12 Å². The zero-order valence-electron chi connectivity index (χ0n) is 17.3. The van der Waals surface area contributed by atoms with E-state index in [0.29, 0.717) is 6.42 Å². The quantitative estimate of drug-likeness (QED) is 0.717. The second-order valence-corrected chi connectivity index (χ2v) is 10.00. The van der Waals surface area contributed by atoms with E-state index in [1.807, 2.05) is 41.5 Å². The SMILES string of the molecule is CC(C)(C)CC(C)(C)C(=O)NC(CC(N)=O)B1OC(C)(C)C(C)(C)O1. The van der Waals surface area contributed by atoms with Crippen molar-refractivity contribution >= 4 is 18.9 Å². The third kappa shape index (κ3) is 5.71. The first-order chi connectivity index (χ1) is 11.0. The average molecular weight is 354 g/mol. The van der Waals surface area contributed by atoms with Crippen LogP contribution in [0.25, 0.3) is 0 Å². The predicted molar refractivity (Wildman–Crippen MR) is 99.7 cm³/mol. The van der Waals surface area contributed by atoms with Crippen LogP contribution in [0, 0.1) is 10.8 Å². The highest BCUT2D eigenvalue weighted by Gasteiger charge is 2.54. The molecule has 0 saturated carbocycles. The molecule has 7 heteroatoms. The Morgan fingerprint density at radius 2 is 1.48 bits per heavy atom. The van der Waals surface area contributed by atoms with E-state index in [-0.39, 0.29) is 17.7 Å². The third-order valence-corrected chi connectivity index (χ3v) is 4.92. The van der Waals surface area contributed by atoms with Crippen molar-refractivity contribution in [3.8, 4) is 0 Å². The van der Waals surface area contributed by atoms with Crippen LogP contribution in [-0.4, -0.2) is 36.1 Å². The van der Waals surface area contributed by atoms with E-state index in [1.165, 1.54) is 0 Å². The van der Waals surface area contributed by atoms with Crippen LogP contribution < -0.4 is 11.1 Å². The summed E-state index contributed by atoms with van der Waals surface area (Å²) in [6, 6.07) is 0. The summed E-state index contributed by atoms with van der Waals surface area (Å²) in [6.07, 6.45) is 0.673. The second kappa shape index (κ2) is 6.91. The zero-order chi connectivity index (χ0) is 19.8. The highest BCUT2D eigenvalue weighted by molar-refractivity contribution is 6.48. The minimum absolute atomic E-state index is 0.00433. The Morgan fingerprint density at radius 1 is 1.04 bits per heavy atom. The molecule has 0 radical (unpaired) electrons. The van der Waals surface area contributed by atoms with E-state index in [9.17, 15) is 9.59 Å². The van der Waals surface area contributed by atoms with Crippen molar-refractivity contribution in [1.29, 1.82) is 0 Å². The minimum atomic E-state index is -0.716. The Balaban J connectivity index is 2.95. The lowest BCUT2D eigenvalue weighted by molar-refractivity contribution is -0.131. The highest BCUT2D eigenvalue weighted by Crippen LogP contribution is 2.38. The fourth-order valence-corrected chi connectivity index (χ4v) is 3.25. The number of amides is 2. The van der Waals surface area contributed by atoms with Gasteiger partial charge in [0.1, 0.15) is 0 Å². The van der Waals surface area contributed by atoms with Gasteiger partial charge in [-0.05, 0) is 39.5 Å². The second-order valence-electron chi connectivity index (χ2n) is 10.00. The fourth-order valence-electron chi connectivity index (χ4n) is 3.25. The van der Waals surface area contributed by atoms with Gasteiger partial charge in [0.05, 0.1) is 17.1 Å². The van der Waals surface area contributed by atoms with Gasteiger partial charge in [-0.3, -0.25) is 9.59 Å². The maximum atomic E-state index is 12.8. The summed E-state index contributed by atoms with van der Waals surface area (Å²) in [7, 11) is -0.716. The van der Waals surface area contributed by atoms with Crippen LogP contribution in [-0.2, 0) is 18.9 Å². The average Bonchev–Trinajstić information content (AvgIpc) is 2.53. The summed E-state index contributed by atoms with van der Waals surface area (Å²) >= 11 is 0. The van der Waals surface area contributed by atoms with Gasteiger partial charge in [0.2, 0.25) is 11.8 Å². The summed E-state index contributed by atoms with van der Waals surface area (Å²) in [5.74, 6) is -1.26. The smallest absolute Gasteiger partial charge is 0.402 e. The van der Waals surface area contributed by atoms with Crippen molar-refractivity contribution in [2.75, 3.05) is 0 Å². The van der Waals surface area contributed by atoms with Gasteiger partial charge in [0, 0.05) is 11.8 Å². The number of carbonyl (C=O) groups excluding carboxylic acids is 2. The van der Waals surface area contributed by atoms with Gasteiger partial charge in [-0.15, -0.1) is 0 Å². The molecule has 0 aromatic carbocycles. The molecular formula is C18H35BN2O4. The molecule has 1 aliphatic rings. The lowest BCUT2D eigenvalue weighted by Crippen LogP contribution is -2.53. The number of nitrogens with two attached hydrogens (primary N) is 1. The topological polar surface area (TPSA) is 90.7 Å². The molecular weight excluding hydrogens is 319 g/mol. The largest absolute Gasteiger partial charge is 0.482 e. The molecule has 1 heterocycles. The molecule has 6 nitrogen and oxygen atoms in total. The van der Waals surface area contributed by atoms with E-state index in [0.717, 1.165) is 0 Å². The van der Waals surface area contributed by atoms with E-state index in [1.54, 1.807) is 0 Å². The van der Waals surface area contributed by atoms with Gasteiger partial charge < -0.3 is 20.4 Å². The Kier molecular flexibility index (Phi) is 6.07. The summed E-state index contributed by atoms with van der Waals surface area (Å²) in [4.78, 5) is 24.3. The summed E-state index contributed by atoms with van der Waals surface area (Å²) in [5, 5.41) is 2.94. The fraction of sp³-hybridized carbons (Fsp3) is 0.889. The van der Waals surface area contributed by atoms with Crippen molar-refractivity contribution < 1.29 is 18.9 Å². The molecule has 25 heavy (non-hydrogen) atoms. The van der Waals surface area contributed by atoms with Crippen LogP contribution >= 0.6 is 0 Å². The van der Waals surface area contributed by atoms with Gasteiger partial charge in [0.15, 0.2) is 0 Å². The van der Waals surface area contributed by atoms with Gasteiger partial charge in [0.25, 0.3) is 0 Å². The molecule has 1 aliphatic heterocycles. The van der Waals surface area contributed by atoms with Crippen molar-refractivity contribution in [3.63, 3.8) is 0 Å². The Bertz CT molecular complexity index is 508. The number of rotatable bonds is 6. The van der Waals surface area contributed by atoms with Crippen LogP contribution in [0.5, 0.6) is 0 Å². The molecule has 0 spiro atoms. The first-order valence-corrected chi connectivity index (χ1v) is 8.92. The Morgan fingerprint density at radius 3 is 1.84 bits per heavy atom.